The van der Waals surface area contributed by atoms with Crippen molar-refractivity contribution in [3.63, 3.8) is 0 Å². The Morgan fingerprint density at radius 2 is 1.70 bits per heavy atom. The summed E-state index contributed by atoms with van der Waals surface area (Å²) in [5.41, 5.74) is 1.96. The number of alkyl halides is 3. The molecule has 0 saturated carbocycles. The molecule has 1 amide bonds. The van der Waals surface area contributed by atoms with Crippen LogP contribution < -0.4 is 29.7 Å². The lowest BCUT2D eigenvalue weighted by Crippen LogP contribution is -2.43. The van der Waals surface area contributed by atoms with Crippen LogP contribution >= 0.6 is 0 Å². The van der Waals surface area contributed by atoms with Crippen molar-refractivity contribution >= 4 is 35.3 Å². The number of nitrogens with one attached hydrogen (secondary N) is 2. The van der Waals surface area contributed by atoms with Crippen molar-refractivity contribution in [3.8, 4) is 17.2 Å². The molecular formula is C30H34F3N5O8. The molecule has 3 N–H and O–H groups in total. The van der Waals surface area contributed by atoms with Crippen LogP contribution in [0.15, 0.2) is 48.7 Å². The van der Waals surface area contributed by atoms with Gasteiger partial charge in [-0.2, -0.15) is 18.2 Å². The molecule has 1 fully saturated rings. The van der Waals surface area contributed by atoms with Gasteiger partial charge in [-0.15, -0.1) is 0 Å². The summed E-state index contributed by atoms with van der Waals surface area (Å²) in [4.78, 5) is 44.8. The number of amides is 1. The van der Waals surface area contributed by atoms with E-state index in [1.165, 1.54) is 7.11 Å². The van der Waals surface area contributed by atoms with Crippen molar-refractivity contribution in [1.29, 1.82) is 0 Å². The van der Waals surface area contributed by atoms with Gasteiger partial charge in [-0.1, -0.05) is 12.1 Å². The highest BCUT2D eigenvalue weighted by molar-refractivity contribution is 5.89. The summed E-state index contributed by atoms with van der Waals surface area (Å²) in [6, 6.07) is 12.4. The average Bonchev–Trinajstić information content (AvgIpc) is 3.06. The number of piperidine rings is 1. The molecule has 0 radical (unpaired) electrons. The molecule has 4 rings (SSSR count). The first kappa shape index (κ1) is 35.2. The van der Waals surface area contributed by atoms with Gasteiger partial charge in [0.2, 0.25) is 17.6 Å². The SMILES string of the molecule is COC(=O)c1cccc(CNC(=O)[C@H]2CCCN(c3ccnc(Nc4cc(OC)c(OC)c(OC)c4)n3)C2)c1.O=C(O)C(F)(F)F. The van der Waals surface area contributed by atoms with Crippen LogP contribution in [-0.2, 0) is 20.9 Å². The van der Waals surface area contributed by atoms with Crippen LogP contribution in [0, 0.1) is 5.92 Å². The number of carboxylic acid groups (broad SMARTS) is 1. The molecule has 1 aromatic heterocycles. The van der Waals surface area contributed by atoms with Crippen molar-refractivity contribution in [2.75, 3.05) is 51.7 Å². The van der Waals surface area contributed by atoms with E-state index in [-0.39, 0.29) is 11.8 Å². The number of carbonyl (C=O) groups excluding carboxylic acids is 2. The van der Waals surface area contributed by atoms with Gasteiger partial charge < -0.3 is 39.6 Å². The number of aromatic nitrogens is 2. The fourth-order valence-electron chi connectivity index (χ4n) is 4.53. The van der Waals surface area contributed by atoms with Crippen molar-refractivity contribution in [1.82, 2.24) is 15.3 Å². The Bertz CT molecular complexity index is 1500. The van der Waals surface area contributed by atoms with E-state index in [9.17, 15) is 22.8 Å². The van der Waals surface area contributed by atoms with Crippen molar-refractivity contribution in [2.45, 2.75) is 25.6 Å². The zero-order chi connectivity index (χ0) is 33.9. The molecule has 1 aliphatic rings. The Labute approximate surface area is 262 Å². The number of halogens is 3. The number of anilines is 3. The van der Waals surface area contributed by atoms with Gasteiger partial charge in [-0.3, -0.25) is 4.79 Å². The van der Waals surface area contributed by atoms with Crippen molar-refractivity contribution in [3.05, 3.63) is 59.8 Å². The Hall–Kier alpha value is -5.28. The van der Waals surface area contributed by atoms with E-state index in [0.29, 0.717) is 47.5 Å². The predicted molar refractivity (Wildman–Crippen MR) is 160 cm³/mol. The van der Waals surface area contributed by atoms with Gasteiger partial charge in [0.1, 0.15) is 5.82 Å². The average molecular weight is 650 g/mol. The van der Waals surface area contributed by atoms with Crippen LogP contribution in [0.2, 0.25) is 0 Å². The second kappa shape index (κ2) is 16.2. The van der Waals surface area contributed by atoms with E-state index >= 15 is 0 Å². The van der Waals surface area contributed by atoms with Gasteiger partial charge in [0.25, 0.3) is 0 Å². The summed E-state index contributed by atoms with van der Waals surface area (Å²) in [7, 11) is 6.01. The van der Waals surface area contributed by atoms with Crippen LogP contribution in [0.1, 0.15) is 28.8 Å². The Morgan fingerprint density at radius 3 is 2.28 bits per heavy atom. The van der Waals surface area contributed by atoms with Crippen LogP contribution in [0.4, 0.5) is 30.6 Å². The van der Waals surface area contributed by atoms with Gasteiger partial charge in [-0.25, -0.2) is 14.6 Å². The third kappa shape index (κ3) is 9.61. The first-order valence-corrected chi connectivity index (χ1v) is 13.8. The number of esters is 1. The quantitative estimate of drug-likeness (QED) is 0.269. The molecule has 13 nitrogen and oxygen atoms in total. The standard InChI is InChI=1S/C28H33N5O6.C2HF3O2/c1-36-22-14-21(15-23(37-2)25(22)38-3)31-28-29-11-10-24(32-28)33-12-6-9-20(17-33)26(34)30-16-18-7-5-8-19(13-18)27(35)39-4;3-2(4,5)1(6)7/h5,7-8,10-11,13-15,20H,6,9,12,16-17H2,1-4H3,(H,30,34)(H,29,31,32);(H,6,7)/t20-;/m0./s1. The number of hydrogen-bond donors (Lipinski definition) is 3. The number of benzene rings is 2. The summed E-state index contributed by atoms with van der Waals surface area (Å²) in [5, 5.41) is 13.3. The summed E-state index contributed by atoms with van der Waals surface area (Å²) in [6.45, 7) is 1.65. The monoisotopic (exact) mass is 649 g/mol. The van der Waals surface area contributed by atoms with Gasteiger partial charge in [0.15, 0.2) is 11.5 Å². The number of aliphatic carboxylic acids is 1. The number of hydrogen-bond acceptors (Lipinski definition) is 11. The highest BCUT2D eigenvalue weighted by atomic mass is 19.4. The lowest BCUT2D eigenvalue weighted by Gasteiger charge is -2.33. The third-order valence-corrected chi connectivity index (χ3v) is 6.74. The number of rotatable bonds is 10. The van der Waals surface area contributed by atoms with E-state index in [4.69, 9.17) is 28.8 Å². The largest absolute Gasteiger partial charge is 0.493 e. The maximum Gasteiger partial charge on any atom is 0.490 e. The zero-order valence-corrected chi connectivity index (χ0v) is 25.5. The molecular weight excluding hydrogens is 615 g/mol. The van der Waals surface area contributed by atoms with E-state index in [2.05, 4.69) is 25.5 Å². The summed E-state index contributed by atoms with van der Waals surface area (Å²) in [5.74, 6) is -0.745. The minimum Gasteiger partial charge on any atom is -0.493 e. The number of ether oxygens (including phenoxy) is 4. The molecule has 2 aromatic carbocycles. The van der Waals surface area contributed by atoms with Gasteiger partial charge in [-0.05, 0) is 36.6 Å². The first-order valence-electron chi connectivity index (χ1n) is 13.8. The van der Waals surface area contributed by atoms with E-state index in [1.54, 1.807) is 57.9 Å². The number of methoxy groups -OCH3 is 4. The molecule has 1 atom stereocenters. The highest BCUT2D eigenvalue weighted by Crippen LogP contribution is 2.40. The van der Waals surface area contributed by atoms with Crippen LogP contribution in [0.5, 0.6) is 17.2 Å². The Morgan fingerprint density at radius 1 is 1.02 bits per heavy atom. The lowest BCUT2D eigenvalue weighted by molar-refractivity contribution is -0.192. The van der Waals surface area contributed by atoms with Gasteiger partial charge in [0.05, 0.1) is 39.9 Å². The third-order valence-electron chi connectivity index (χ3n) is 6.74. The fourth-order valence-corrected chi connectivity index (χ4v) is 4.53. The molecule has 0 unspecified atom stereocenters. The zero-order valence-electron chi connectivity index (χ0n) is 25.5. The number of carbonyl (C=O) groups is 3. The van der Waals surface area contributed by atoms with E-state index < -0.39 is 18.1 Å². The van der Waals surface area contributed by atoms with E-state index in [1.807, 2.05) is 12.1 Å². The second-order valence-corrected chi connectivity index (χ2v) is 9.78. The maximum absolute atomic E-state index is 13.0. The molecule has 16 heteroatoms. The van der Waals surface area contributed by atoms with Crippen LogP contribution in [-0.4, -0.2) is 80.6 Å². The molecule has 0 aliphatic carbocycles. The number of nitrogens with zero attached hydrogens (tertiary/aromatic N) is 3. The molecule has 0 spiro atoms. The fraction of sp³-hybridized carbons (Fsp3) is 0.367. The van der Waals surface area contributed by atoms with Crippen molar-refractivity contribution < 1.29 is 51.6 Å². The summed E-state index contributed by atoms with van der Waals surface area (Å²) in [6.07, 6.45) is -1.76. The van der Waals surface area contributed by atoms with Gasteiger partial charge >= 0.3 is 18.1 Å². The minimum atomic E-state index is -5.08. The Kier molecular flexibility index (Phi) is 12.4. The second-order valence-electron chi connectivity index (χ2n) is 9.78. The topological polar surface area (TPSA) is 161 Å². The molecule has 1 aliphatic heterocycles. The van der Waals surface area contributed by atoms with Crippen molar-refractivity contribution in [2.24, 2.45) is 5.92 Å². The highest BCUT2D eigenvalue weighted by Gasteiger charge is 2.38. The summed E-state index contributed by atoms with van der Waals surface area (Å²) >= 11 is 0. The molecule has 46 heavy (non-hydrogen) atoms. The molecule has 0 bridgehead atoms. The first-order chi connectivity index (χ1) is 21.9. The molecule has 248 valence electrons. The minimum absolute atomic E-state index is 0.0343. The molecule has 2 heterocycles. The predicted octanol–water partition coefficient (Wildman–Crippen LogP) is 4.20. The van der Waals surface area contributed by atoms with Crippen LogP contribution in [0.3, 0.4) is 0 Å². The number of carboxylic acids is 1. The van der Waals surface area contributed by atoms with Crippen LogP contribution in [0.25, 0.3) is 0 Å². The lowest BCUT2D eigenvalue weighted by atomic mass is 9.97. The molecule has 1 saturated heterocycles. The normalized spacial score (nSPS) is 14.2. The molecule has 3 aromatic rings. The van der Waals surface area contributed by atoms with Gasteiger partial charge in [0, 0.05) is 43.7 Å². The summed E-state index contributed by atoms with van der Waals surface area (Å²) < 4.78 is 52.8. The van der Waals surface area contributed by atoms with E-state index in [0.717, 1.165) is 30.8 Å². The maximum atomic E-state index is 13.0. The smallest absolute Gasteiger partial charge is 0.490 e. The Balaban J connectivity index is 0.000000738.